The van der Waals surface area contributed by atoms with Crippen LogP contribution in [0, 0.1) is 0 Å². The first-order chi connectivity index (χ1) is 10.7. The van der Waals surface area contributed by atoms with E-state index in [-0.39, 0.29) is 24.9 Å². The van der Waals surface area contributed by atoms with Gasteiger partial charge in [-0.25, -0.2) is 4.57 Å². The molecule has 1 aliphatic rings. The standard InChI is InChI=1S/C16H13N3O3.ClH/c20-14(19-9-7-11-4-1-2-5-12(11)19)10-18-8-3-6-13-15(18)17-16(21)22-13;/h1-6,8H,7,9-10H2;1H. The molecule has 0 atom stereocenters. The Morgan fingerprint density at radius 2 is 2.09 bits per heavy atom. The number of carbonyl (C=O) groups excluding carboxylic acids is 1. The summed E-state index contributed by atoms with van der Waals surface area (Å²) in [4.78, 5) is 28.3. The Bertz CT molecular complexity index is 931. The van der Waals surface area contributed by atoms with Crippen molar-refractivity contribution in [2.75, 3.05) is 11.4 Å². The van der Waals surface area contributed by atoms with Crippen LogP contribution in [0.25, 0.3) is 11.2 Å². The molecule has 1 aromatic carbocycles. The fraction of sp³-hybridized carbons (Fsp3) is 0.188. The lowest BCUT2D eigenvalue weighted by molar-refractivity contribution is -0.660. The number of anilines is 1. The molecule has 1 aliphatic heterocycles. The summed E-state index contributed by atoms with van der Waals surface area (Å²) in [5, 5.41) is 0. The summed E-state index contributed by atoms with van der Waals surface area (Å²) >= 11 is 0. The van der Waals surface area contributed by atoms with Crippen LogP contribution in [-0.4, -0.2) is 17.4 Å². The van der Waals surface area contributed by atoms with Crippen LogP contribution in [0.15, 0.2) is 51.8 Å². The highest BCUT2D eigenvalue weighted by atomic mass is 35.5. The van der Waals surface area contributed by atoms with Gasteiger partial charge in [0.15, 0.2) is 6.54 Å². The second-order valence-corrected chi connectivity index (χ2v) is 5.29. The van der Waals surface area contributed by atoms with Crippen molar-refractivity contribution in [2.45, 2.75) is 13.0 Å². The van der Waals surface area contributed by atoms with Crippen molar-refractivity contribution in [2.24, 2.45) is 0 Å². The number of carbonyl (C=O) groups is 1. The highest BCUT2D eigenvalue weighted by Gasteiger charge is 2.26. The van der Waals surface area contributed by atoms with Crippen LogP contribution in [0.2, 0.25) is 0 Å². The van der Waals surface area contributed by atoms with Crippen molar-refractivity contribution in [1.82, 2.24) is 4.98 Å². The van der Waals surface area contributed by atoms with Crippen LogP contribution in [-0.2, 0) is 17.8 Å². The summed E-state index contributed by atoms with van der Waals surface area (Å²) in [7, 11) is 0. The third-order valence-electron chi connectivity index (χ3n) is 3.95. The first-order valence-electron chi connectivity index (χ1n) is 7.12. The van der Waals surface area contributed by atoms with E-state index in [4.69, 9.17) is 4.42 Å². The van der Waals surface area contributed by atoms with E-state index >= 15 is 0 Å². The zero-order chi connectivity index (χ0) is 15.1. The molecule has 0 bridgehead atoms. The molecule has 1 N–H and O–H groups in total. The molecular formula is C16H14ClN3O3. The molecule has 0 spiro atoms. The number of oxazole rings is 1. The van der Waals surface area contributed by atoms with Crippen LogP contribution >= 0.6 is 0 Å². The molecule has 118 valence electrons. The number of benzene rings is 1. The largest absolute Gasteiger partial charge is 1.00 e. The number of hydrogen-bond acceptors (Lipinski definition) is 3. The van der Waals surface area contributed by atoms with Gasteiger partial charge in [-0.15, -0.1) is 0 Å². The normalized spacial score (nSPS) is 13.0. The molecule has 0 saturated carbocycles. The van der Waals surface area contributed by atoms with E-state index in [1.54, 1.807) is 27.8 Å². The summed E-state index contributed by atoms with van der Waals surface area (Å²) < 4.78 is 6.71. The molecule has 7 heteroatoms. The predicted molar refractivity (Wildman–Crippen MR) is 79.5 cm³/mol. The molecule has 3 aromatic rings. The van der Waals surface area contributed by atoms with Crippen molar-refractivity contribution < 1.29 is 26.2 Å². The molecular weight excluding hydrogens is 318 g/mol. The van der Waals surface area contributed by atoms with E-state index < -0.39 is 5.76 Å². The van der Waals surface area contributed by atoms with Gasteiger partial charge in [0.05, 0.1) is 6.20 Å². The lowest BCUT2D eigenvalue weighted by Gasteiger charge is -2.16. The molecule has 0 unspecified atom stereocenters. The Balaban J connectivity index is 0.00000156. The van der Waals surface area contributed by atoms with Crippen LogP contribution < -0.4 is 27.6 Å². The first kappa shape index (κ1) is 15.3. The summed E-state index contributed by atoms with van der Waals surface area (Å²) in [6.07, 6.45) is 2.63. The van der Waals surface area contributed by atoms with E-state index in [1.807, 2.05) is 24.3 Å². The van der Waals surface area contributed by atoms with Crippen molar-refractivity contribution in [3.05, 3.63) is 58.7 Å². The first-order valence-corrected chi connectivity index (χ1v) is 7.12. The Morgan fingerprint density at radius 1 is 1.26 bits per heavy atom. The van der Waals surface area contributed by atoms with Gasteiger partial charge in [0.2, 0.25) is 5.58 Å². The zero-order valence-electron chi connectivity index (χ0n) is 12.2. The summed E-state index contributed by atoms with van der Waals surface area (Å²) in [5.41, 5.74) is 3.13. The van der Waals surface area contributed by atoms with Gasteiger partial charge in [-0.05, 0) is 30.2 Å². The Morgan fingerprint density at radius 3 is 2.96 bits per heavy atom. The maximum absolute atomic E-state index is 12.6. The molecule has 2 aromatic heterocycles. The highest BCUT2D eigenvalue weighted by molar-refractivity contribution is 5.94. The molecule has 0 radical (unpaired) electrons. The quantitative estimate of drug-likeness (QED) is 0.552. The average molecular weight is 332 g/mol. The van der Waals surface area contributed by atoms with Crippen LogP contribution in [0.3, 0.4) is 0 Å². The van der Waals surface area contributed by atoms with E-state index in [9.17, 15) is 9.59 Å². The minimum Gasteiger partial charge on any atom is -1.00 e. The number of para-hydroxylation sites is 1. The van der Waals surface area contributed by atoms with Crippen LogP contribution in [0.4, 0.5) is 5.69 Å². The number of hydrogen-bond donors (Lipinski definition) is 1. The van der Waals surface area contributed by atoms with E-state index in [0.29, 0.717) is 17.8 Å². The smallest absolute Gasteiger partial charge is 0.510 e. The van der Waals surface area contributed by atoms with Crippen molar-refractivity contribution in [1.29, 1.82) is 0 Å². The van der Waals surface area contributed by atoms with Gasteiger partial charge in [-0.1, -0.05) is 18.2 Å². The van der Waals surface area contributed by atoms with Gasteiger partial charge in [-0.3, -0.25) is 4.79 Å². The fourth-order valence-electron chi connectivity index (χ4n) is 2.93. The van der Waals surface area contributed by atoms with Crippen molar-refractivity contribution in [3.8, 4) is 0 Å². The number of H-pyrrole nitrogens is 1. The minimum atomic E-state index is -0.520. The molecule has 6 nitrogen and oxygen atoms in total. The topological polar surface area (TPSA) is 70.2 Å². The predicted octanol–water partition coefficient (Wildman–Crippen LogP) is -2.00. The molecule has 23 heavy (non-hydrogen) atoms. The Labute approximate surface area is 137 Å². The number of amides is 1. The van der Waals surface area contributed by atoms with Crippen molar-refractivity contribution >= 4 is 22.8 Å². The maximum atomic E-state index is 12.6. The summed E-state index contributed by atoms with van der Waals surface area (Å²) in [6, 6.07) is 11.4. The highest BCUT2D eigenvalue weighted by Crippen LogP contribution is 2.27. The van der Waals surface area contributed by atoms with Gasteiger partial charge in [0.25, 0.3) is 5.91 Å². The minimum absolute atomic E-state index is 0. The van der Waals surface area contributed by atoms with Crippen LogP contribution in [0.1, 0.15) is 5.56 Å². The van der Waals surface area contributed by atoms with E-state index in [2.05, 4.69) is 4.98 Å². The lowest BCUT2D eigenvalue weighted by atomic mass is 10.2. The SMILES string of the molecule is O=C(C[n+]1cccc2oc(=O)[nH]c21)N1CCc2ccccc21.[Cl-]. The monoisotopic (exact) mass is 331 g/mol. The van der Waals surface area contributed by atoms with Gasteiger partial charge in [0.1, 0.15) is 0 Å². The maximum Gasteiger partial charge on any atom is 0.510 e. The summed E-state index contributed by atoms with van der Waals surface area (Å²) in [5.74, 6) is -0.529. The molecule has 4 rings (SSSR count). The van der Waals surface area contributed by atoms with Gasteiger partial charge < -0.3 is 21.7 Å². The van der Waals surface area contributed by atoms with Crippen molar-refractivity contribution in [3.63, 3.8) is 0 Å². The molecule has 1 amide bonds. The number of aromatic nitrogens is 2. The van der Waals surface area contributed by atoms with Crippen LogP contribution in [0.5, 0.6) is 0 Å². The molecule has 0 aliphatic carbocycles. The van der Waals surface area contributed by atoms with Gasteiger partial charge in [0, 0.05) is 12.2 Å². The van der Waals surface area contributed by atoms with E-state index in [0.717, 1.165) is 12.1 Å². The number of nitrogens with zero attached hydrogens (tertiary/aromatic N) is 2. The second kappa shape index (κ2) is 5.89. The average Bonchev–Trinajstić information content (AvgIpc) is 3.10. The lowest BCUT2D eigenvalue weighted by Crippen LogP contribution is -3.00. The number of fused-ring (bicyclic) bond motifs is 2. The van der Waals surface area contributed by atoms with Gasteiger partial charge >= 0.3 is 11.4 Å². The second-order valence-electron chi connectivity index (χ2n) is 5.29. The third kappa shape index (κ3) is 2.61. The third-order valence-corrected chi connectivity index (χ3v) is 3.95. The molecule has 0 saturated heterocycles. The van der Waals surface area contributed by atoms with E-state index in [1.165, 1.54) is 5.56 Å². The zero-order valence-corrected chi connectivity index (χ0v) is 12.9. The number of aromatic amines is 1. The Hall–Kier alpha value is -2.60. The fourth-order valence-corrected chi connectivity index (χ4v) is 2.93. The Kier molecular flexibility index (Phi) is 3.92. The van der Waals surface area contributed by atoms with Gasteiger partial charge in [-0.2, -0.15) is 9.78 Å². The summed E-state index contributed by atoms with van der Waals surface area (Å²) in [6.45, 7) is 0.845. The molecule has 0 fully saturated rings. The number of nitrogens with one attached hydrogen (secondary N) is 1. The number of halogens is 1. The number of pyridine rings is 1. The molecule has 3 heterocycles. The number of rotatable bonds is 2.